The van der Waals surface area contributed by atoms with Crippen LogP contribution in [0.5, 0.6) is 0 Å². The van der Waals surface area contributed by atoms with E-state index in [-0.39, 0.29) is 5.75 Å². The summed E-state index contributed by atoms with van der Waals surface area (Å²) in [5.74, 6) is -5.29. The first-order chi connectivity index (χ1) is 12.4. The fourth-order valence-corrected chi connectivity index (χ4v) is 2.16. The van der Waals surface area contributed by atoms with E-state index in [2.05, 4.69) is 28.6 Å². The summed E-state index contributed by atoms with van der Waals surface area (Å²) in [5.41, 5.74) is 5.47. The molecule has 4 atom stereocenters. The summed E-state index contributed by atoms with van der Waals surface area (Å²) in [4.78, 5) is 57.9. The molecule has 0 saturated carbocycles. The SMILES string of the molecule is CC(NC(=O)C(CS)NC(=O)C(NC(=O)C(N)CC(=O)O)C(C)C)C(=O)O. The maximum absolute atomic E-state index is 12.4. The van der Waals surface area contributed by atoms with Gasteiger partial charge in [0.2, 0.25) is 17.7 Å². The van der Waals surface area contributed by atoms with Crippen LogP contribution in [-0.2, 0) is 24.0 Å². The molecule has 0 rings (SSSR count). The van der Waals surface area contributed by atoms with Crippen molar-refractivity contribution >= 4 is 42.3 Å². The number of amides is 3. The Labute approximate surface area is 161 Å². The number of hydrogen-bond donors (Lipinski definition) is 7. The van der Waals surface area contributed by atoms with Crippen LogP contribution in [0.25, 0.3) is 0 Å². The molecule has 0 aliphatic heterocycles. The van der Waals surface area contributed by atoms with Gasteiger partial charge in [0.05, 0.1) is 12.5 Å². The second-order valence-corrected chi connectivity index (χ2v) is 6.61. The number of nitrogens with two attached hydrogens (primary N) is 1. The molecule has 0 aliphatic carbocycles. The van der Waals surface area contributed by atoms with Crippen molar-refractivity contribution in [1.82, 2.24) is 16.0 Å². The average Bonchev–Trinajstić information content (AvgIpc) is 2.55. The van der Waals surface area contributed by atoms with Crippen LogP contribution in [0.15, 0.2) is 0 Å². The summed E-state index contributed by atoms with van der Waals surface area (Å²) in [6, 6.07) is -4.71. The molecule has 0 fully saturated rings. The van der Waals surface area contributed by atoms with Gasteiger partial charge in [-0.2, -0.15) is 12.6 Å². The molecule has 154 valence electrons. The van der Waals surface area contributed by atoms with E-state index in [0.717, 1.165) is 0 Å². The van der Waals surface area contributed by atoms with Gasteiger partial charge < -0.3 is 31.9 Å². The topological polar surface area (TPSA) is 188 Å². The Morgan fingerprint density at radius 1 is 0.926 bits per heavy atom. The van der Waals surface area contributed by atoms with Crippen molar-refractivity contribution in [3.63, 3.8) is 0 Å². The lowest BCUT2D eigenvalue weighted by molar-refractivity contribution is -0.141. The third kappa shape index (κ3) is 8.73. The van der Waals surface area contributed by atoms with E-state index in [0.29, 0.717) is 0 Å². The molecule has 0 spiro atoms. The number of carbonyl (C=O) groups excluding carboxylic acids is 3. The molecular weight excluding hydrogens is 380 g/mol. The Morgan fingerprint density at radius 2 is 1.48 bits per heavy atom. The van der Waals surface area contributed by atoms with E-state index in [1.807, 2.05) is 0 Å². The Morgan fingerprint density at radius 3 is 1.89 bits per heavy atom. The number of carbonyl (C=O) groups is 5. The lowest BCUT2D eigenvalue weighted by Gasteiger charge is -2.26. The second-order valence-electron chi connectivity index (χ2n) is 6.25. The number of rotatable bonds is 11. The van der Waals surface area contributed by atoms with Crippen molar-refractivity contribution in [2.45, 2.75) is 51.4 Å². The molecule has 11 nitrogen and oxygen atoms in total. The van der Waals surface area contributed by atoms with Crippen molar-refractivity contribution in [2.24, 2.45) is 11.7 Å². The van der Waals surface area contributed by atoms with E-state index < -0.39 is 66.2 Å². The van der Waals surface area contributed by atoms with Crippen molar-refractivity contribution < 1.29 is 34.2 Å². The molecule has 3 amide bonds. The Balaban J connectivity index is 5.04. The van der Waals surface area contributed by atoms with Crippen LogP contribution in [0.3, 0.4) is 0 Å². The van der Waals surface area contributed by atoms with Crippen LogP contribution in [0.2, 0.25) is 0 Å². The molecule has 7 N–H and O–H groups in total. The maximum Gasteiger partial charge on any atom is 0.325 e. The maximum atomic E-state index is 12.4. The van der Waals surface area contributed by atoms with Crippen LogP contribution in [0, 0.1) is 5.92 Å². The monoisotopic (exact) mass is 406 g/mol. The predicted octanol–water partition coefficient (Wildman–Crippen LogP) is -2.07. The van der Waals surface area contributed by atoms with E-state index in [1.54, 1.807) is 13.8 Å². The van der Waals surface area contributed by atoms with Crippen LogP contribution in [0.1, 0.15) is 27.2 Å². The zero-order chi connectivity index (χ0) is 21.3. The van der Waals surface area contributed by atoms with E-state index in [9.17, 15) is 24.0 Å². The van der Waals surface area contributed by atoms with Gasteiger partial charge in [-0.05, 0) is 12.8 Å². The normalized spacial score (nSPS) is 15.2. The molecule has 4 unspecified atom stereocenters. The third-order valence-corrected chi connectivity index (χ3v) is 3.89. The summed E-state index contributed by atoms with van der Waals surface area (Å²) in [7, 11) is 0. The first kappa shape index (κ1) is 24.7. The number of nitrogens with one attached hydrogen (secondary N) is 3. The molecule has 0 aromatic carbocycles. The van der Waals surface area contributed by atoms with Gasteiger partial charge in [-0.15, -0.1) is 0 Å². The fourth-order valence-electron chi connectivity index (χ4n) is 1.91. The van der Waals surface area contributed by atoms with Crippen molar-refractivity contribution in [1.29, 1.82) is 0 Å². The van der Waals surface area contributed by atoms with Gasteiger partial charge in [0.1, 0.15) is 18.1 Å². The zero-order valence-corrected chi connectivity index (χ0v) is 16.2. The van der Waals surface area contributed by atoms with Crippen LogP contribution in [-0.4, -0.2) is 69.8 Å². The standard InChI is InChI=1S/C15H26N4O7S/c1-6(2)11(19-12(22)8(16)4-10(20)21)14(24)18-9(5-27)13(23)17-7(3)15(25)26/h6-9,11,27H,4-5,16H2,1-3H3,(H,17,23)(H,18,24)(H,19,22)(H,20,21)(H,25,26). The van der Waals surface area contributed by atoms with Gasteiger partial charge in [0, 0.05) is 5.75 Å². The molecular formula is C15H26N4O7S. The van der Waals surface area contributed by atoms with Crippen molar-refractivity contribution in [3.05, 3.63) is 0 Å². The molecule has 0 saturated heterocycles. The van der Waals surface area contributed by atoms with Crippen LogP contribution >= 0.6 is 12.6 Å². The molecule has 12 heteroatoms. The van der Waals surface area contributed by atoms with Gasteiger partial charge >= 0.3 is 11.9 Å². The minimum atomic E-state index is -1.34. The van der Waals surface area contributed by atoms with Crippen LogP contribution in [0.4, 0.5) is 0 Å². The molecule has 0 aliphatic rings. The molecule has 27 heavy (non-hydrogen) atoms. The molecule has 0 aromatic heterocycles. The average molecular weight is 406 g/mol. The zero-order valence-electron chi connectivity index (χ0n) is 15.3. The highest BCUT2D eigenvalue weighted by Crippen LogP contribution is 2.04. The summed E-state index contributed by atoms with van der Waals surface area (Å²) < 4.78 is 0. The smallest absolute Gasteiger partial charge is 0.325 e. The summed E-state index contributed by atoms with van der Waals surface area (Å²) in [5, 5.41) is 24.4. The second kappa shape index (κ2) is 11.4. The lowest BCUT2D eigenvalue weighted by Crippen LogP contribution is -2.58. The highest BCUT2D eigenvalue weighted by molar-refractivity contribution is 7.80. The molecule has 0 radical (unpaired) electrons. The van der Waals surface area contributed by atoms with Gasteiger partial charge in [-0.25, -0.2) is 0 Å². The molecule has 0 aromatic rings. The van der Waals surface area contributed by atoms with E-state index in [1.165, 1.54) is 6.92 Å². The summed E-state index contributed by atoms with van der Waals surface area (Å²) in [6.07, 6.45) is -0.604. The van der Waals surface area contributed by atoms with Crippen LogP contribution < -0.4 is 21.7 Å². The highest BCUT2D eigenvalue weighted by atomic mass is 32.1. The lowest BCUT2D eigenvalue weighted by atomic mass is 10.0. The highest BCUT2D eigenvalue weighted by Gasteiger charge is 2.30. The first-order valence-electron chi connectivity index (χ1n) is 8.12. The van der Waals surface area contributed by atoms with Gasteiger partial charge in [-0.1, -0.05) is 13.8 Å². The number of carboxylic acids is 2. The summed E-state index contributed by atoms with van der Waals surface area (Å²) in [6.45, 7) is 4.53. The number of aliphatic carboxylic acids is 2. The first-order valence-corrected chi connectivity index (χ1v) is 8.76. The minimum Gasteiger partial charge on any atom is -0.481 e. The van der Waals surface area contributed by atoms with Gasteiger partial charge in [0.25, 0.3) is 0 Å². The predicted molar refractivity (Wildman–Crippen MR) is 98.0 cm³/mol. The molecule has 0 bridgehead atoms. The van der Waals surface area contributed by atoms with Crippen molar-refractivity contribution in [3.8, 4) is 0 Å². The molecule has 0 heterocycles. The van der Waals surface area contributed by atoms with E-state index in [4.69, 9.17) is 15.9 Å². The Kier molecular flexibility index (Phi) is 10.4. The third-order valence-electron chi connectivity index (χ3n) is 3.52. The number of hydrogen-bond acceptors (Lipinski definition) is 7. The quantitative estimate of drug-likeness (QED) is 0.191. The minimum absolute atomic E-state index is 0.110. The summed E-state index contributed by atoms with van der Waals surface area (Å²) >= 11 is 3.97. The van der Waals surface area contributed by atoms with E-state index >= 15 is 0 Å². The largest absolute Gasteiger partial charge is 0.481 e. The Bertz CT molecular complexity index is 585. The van der Waals surface area contributed by atoms with Gasteiger partial charge in [0.15, 0.2) is 0 Å². The Hall–Kier alpha value is -2.34. The van der Waals surface area contributed by atoms with Gasteiger partial charge in [-0.3, -0.25) is 24.0 Å². The fraction of sp³-hybridized carbons (Fsp3) is 0.667. The number of thiol groups is 1. The number of carboxylic acid groups (broad SMARTS) is 2. The van der Waals surface area contributed by atoms with Crippen molar-refractivity contribution in [2.75, 3.05) is 5.75 Å².